The molecular formula is C16H25F2N. The van der Waals surface area contributed by atoms with E-state index in [4.69, 9.17) is 0 Å². The van der Waals surface area contributed by atoms with E-state index in [1.807, 2.05) is 6.92 Å². The molecule has 1 unspecified atom stereocenters. The van der Waals surface area contributed by atoms with Crippen LogP contribution in [0.4, 0.5) is 8.78 Å². The lowest BCUT2D eigenvalue weighted by Gasteiger charge is -2.20. The Morgan fingerprint density at radius 2 is 1.84 bits per heavy atom. The monoisotopic (exact) mass is 269 g/mol. The summed E-state index contributed by atoms with van der Waals surface area (Å²) in [6.45, 7) is 6.51. The van der Waals surface area contributed by atoms with E-state index in [9.17, 15) is 8.78 Å². The molecule has 0 saturated carbocycles. The summed E-state index contributed by atoms with van der Waals surface area (Å²) < 4.78 is 28.0. The smallest absolute Gasteiger partial charge is 0.133 e. The zero-order chi connectivity index (χ0) is 14.3. The Morgan fingerprint density at radius 3 is 2.47 bits per heavy atom. The summed E-state index contributed by atoms with van der Waals surface area (Å²) in [6, 6.07) is 2.64. The second-order valence-electron chi connectivity index (χ2n) is 5.05. The third-order valence-electron chi connectivity index (χ3n) is 3.46. The Balaban J connectivity index is 2.83. The van der Waals surface area contributed by atoms with E-state index in [0.29, 0.717) is 12.1 Å². The van der Waals surface area contributed by atoms with Crippen molar-refractivity contribution in [2.45, 2.75) is 58.9 Å². The van der Waals surface area contributed by atoms with E-state index in [2.05, 4.69) is 12.2 Å². The molecule has 1 nitrogen and oxygen atoms in total. The van der Waals surface area contributed by atoms with Gasteiger partial charge >= 0.3 is 0 Å². The van der Waals surface area contributed by atoms with Crippen LogP contribution in [0.25, 0.3) is 0 Å². The van der Waals surface area contributed by atoms with Crippen molar-refractivity contribution in [2.75, 3.05) is 6.54 Å². The molecule has 0 aromatic heterocycles. The summed E-state index contributed by atoms with van der Waals surface area (Å²) in [5, 5.41) is 3.20. The van der Waals surface area contributed by atoms with Crippen LogP contribution in [0.5, 0.6) is 0 Å². The molecule has 108 valence electrons. The molecule has 0 aliphatic heterocycles. The highest BCUT2D eigenvalue weighted by Crippen LogP contribution is 2.27. The highest BCUT2D eigenvalue weighted by Gasteiger charge is 2.20. The summed E-state index contributed by atoms with van der Waals surface area (Å²) in [5.41, 5.74) is 0.714. The van der Waals surface area contributed by atoms with Gasteiger partial charge in [0.2, 0.25) is 0 Å². The maximum atomic E-state index is 14.1. The number of unbranched alkanes of at least 4 members (excludes halogenated alkanes) is 3. The normalized spacial score (nSPS) is 12.7. The van der Waals surface area contributed by atoms with Gasteiger partial charge < -0.3 is 5.32 Å². The average molecular weight is 269 g/mol. The lowest BCUT2D eigenvalue weighted by Crippen LogP contribution is -2.23. The van der Waals surface area contributed by atoms with Crippen molar-refractivity contribution >= 4 is 0 Å². The van der Waals surface area contributed by atoms with Gasteiger partial charge in [-0.2, -0.15) is 0 Å². The molecule has 1 N–H and O–H groups in total. The van der Waals surface area contributed by atoms with Gasteiger partial charge in [-0.15, -0.1) is 0 Å². The fourth-order valence-electron chi connectivity index (χ4n) is 2.37. The van der Waals surface area contributed by atoms with E-state index >= 15 is 0 Å². The van der Waals surface area contributed by atoms with E-state index in [1.165, 1.54) is 25.0 Å². The zero-order valence-corrected chi connectivity index (χ0v) is 12.2. The molecule has 0 saturated heterocycles. The first-order valence-corrected chi connectivity index (χ1v) is 7.29. The number of aryl methyl sites for hydroxylation is 1. The summed E-state index contributed by atoms with van der Waals surface area (Å²) in [6.07, 6.45) is 5.24. The maximum Gasteiger partial charge on any atom is 0.133 e. The van der Waals surface area contributed by atoms with Crippen LogP contribution in [0.3, 0.4) is 0 Å². The molecule has 1 aromatic rings. The van der Waals surface area contributed by atoms with Gasteiger partial charge in [-0.3, -0.25) is 0 Å². The Morgan fingerprint density at radius 1 is 1.11 bits per heavy atom. The lowest BCUT2D eigenvalue weighted by molar-refractivity contribution is 0.435. The van der Waals surface area contributed by atoms with Crippen molar-refractivity contribution in [3.8, 4) is 0 Å². The molecule has 0 radical (unpaired) electrons. The van der Waals surface area contributed by atoms with E-state index in [0.717, 1.165) is 19.3 Å². The fourth-order valence-corrected chi connectivity index (χ4v) is 2.37. The molecule has 0 amide bonds. The quantitative estimate of drug-likeness (QED) is 0.662. The Bertz CT molecular complexity index is 391. The second-order valence-corrected chi connectivity index (χ2v) is 5.05. The molecule has 1 rings (SSSR count). The zero-order valence-electron chi connectivity index (χ0n) is 12.2. The van der Waals surface area contributed by atoms with Gasteiger partial charge in [0.1, 0.15) is 11.6 Å². The highest BCUT2D eigenvalue weighted by atomic mass is 19.1. The largest absolute Gasteiger partial charge is 0.310 e. The van der Waals surface area contributed by atoms with Crippen molar-refractivity contribution in [2.24, 2.45) is 0 Å². The highest BCUT2D eigenvalue weighted by molar-refractivity contribution is 5.29. The van der Waals surface area contributed by atoms with Gasteiger partial charge in [-0.1, -0.05) is 45.6 Å². The Kier molecular flexibility index (Phi) is 7.00. The Labute approximate surface area is 115 Å². The van der Waals surface area contributed by atoms with Crippen LogP contribution in [0.1, 0.15) is 63.1 Å². The minimum atomic E-state index is -0.440. The Hall–Kier alpha value is -0.960. The molecule has 1 atom stereocenters. The number of nitrogens with one attached hydrogen (secondary N) is 1. The van der Waals surface area contributed by atoms with Crippen molar-refractivity contribution < 1.29 is 8.78 Å². The predicted octanol–water partition coefficient (Wildman–Crippen LogP) is 4.89. The van der Waals surface area contributed by atoms with Crippen LogP contribution in [0.2, 0.25) is 0 Å². The number of hydrogen-bond donors (Lipinski definition) is 1. The summed E-state index contributed by atoms with van der Waals surface area (Å²) in [5.74, 6) is -0.842. The minimum Gasteiger partial charge on any atom is -0.310 e. The van der Waals surface area contributed by atoms with Crippen LogP contribution in [-0.2, 0) is 0 Å². The topological polar surface area (TPSA) is 12.0 Å². The van der Waals surface area contributed by atoms with E-state index < -0.39 is 11.6 Å². The van der Waals surface area contributed by atoms with Gasteiger partial charge in [-0.05, 0) is 31.5 Å². The van der Waals surface area contributed by atoms with Crippen LogP contribution in [-0.4, -0.2) is 6.54 Å². The van der Waals surface area contributed by atoms with Gasteiger partial charge in [-0.25, -0.2) is 8.78 Å². The molecule has 0 fully saturated rings. The van der Waals surface area contributed by atoms with Gasteiger partial charge in [0.25, 0.3) is 0 Å². The fraction of sp³-hybridized carbons (Fsp3) is 0.625. The number of benzene rings is 1. The SMILES string of the molecule is CCCCCCC(NCC)c1c(F)ccc(C)c1F. The second kappa shape index (κ2) is 8.26. The molecule has 0 spiro atoms. The van der Waals surface area contributed by atoms with Gasteiger partial charge in [0.15, 0.2) is 0 Å². The summed E-state index contributed by atoms with van der Waals surface area (Å²) >= 11 is 0. The van der Waals surface area contributed by atoms with E-state index in [-0.39, 0.29) is 11.6 Å². The van der Waals surface area contributed by atoms with Crippen molar-refractivity contribution in [1.29, 1.82) is 0 Å². The summed E-state index contributed by atoms with van der Waals surface area (Å²) in [7, 11) is 0. The minimum absolute atomic E-state index is 0.207. The van der Waals surface area contributed by atoms with Crippen molar-refractivity contribution in [3.63, 3.8) is 0 Å². The molecule has 0 bridgehead atoms. The molecule has 0 aliphatic rings. The van der Waals surface area contributed by atoms with E-state index in [1.54, 1.807) is 6.92 Å². The first-order chi connectivity index (χ1) is 9.11. The third kappa shape index (κ3) is 4.57. The van der Waals surface area contributed by atoms with Gasteiger partial charge in [0.05, 0.1) is 0 Å². The standard InChI is InChI=1S/C16H25F2N/c1-4-6-7-8-9-14(19-5-2)15-13(17)11-10-12(3)16(15)18/h10-11,14,19H,4-9H2,1-3H3. The molecule has 0 heterocycles. The summed E-state index contributed by atoms with van der Waals surface area (Å²) in [4.78, 5) is 0. The van der Waals surface area contributed by atoms with Gasteiger partial charge in [0, 0.05) is 11.6 Å². The number of rotatable bonds is 8. The van der Waals surface area contributed by atoms with Crippen LogP contribution < -0.4 is 5.32 Å². The molecule has 3 heteroatoms. The molecule has 0 aliphatic carbocycles. The molecule has 19 heavy (non-hydrogen) atoms. The first-order valence-electron chi connectivity index (χ1n) is 7.29. The average Bonchev–Trinajstić information content (AvgIpc) is 2.39. The number of hydrogen-bond acceptors (Lipinski definition) is 1. The van der Waals surface area contributed by atoms with Crippen molar-refractivity contribution in [1.82, 2.24) is 5.32 Å². The first kappa shape index (κ1) is 16.1. The maximum absolute atomic E-state index is 14.1. The lowest BCUT2D eigenvalue weighted by atomic mass is 9.97. The van der Waals surface area contributed by atoms with Crippen LogP contribution in [0.15, 0.2) is 12.1 Å². The third-order valence-corrected chi connectivity index (χ3v) is 3.46. The van der Waals surface area contributed by atoms with Crippen LogP contribution in [0, 0.1) is 18.6 Å². The van der Waals surface area contributed by atoms with Crippen LogP contribution >= 0.6 is 0 Å². The number of halogens is 2. The molecular weight excluding hydrogens is 244 g/mol. The molecule has 1 aromatic carbocycles. The van der Waals surface area contributed by atoms with Crippen molar-refractivity contribution in [3.05, 3.63) is 34.9 Å². The predicted molar refractivity (Wildman–Crippen MR) is 76.3 cm³/mol.